The lowest BCUT2D eigenvalue weighted by atomic mass is 10.2. The first kappa shape index (κ1) is 14.6. The van der Waals surface area contributed by atoms with Crippen molar-refractivity contribution in [3.05, 3.63) is 40.7 Å². The van der Waals surface area contributed by atoms with Gasteiger partial charge < -0.3 is 10.1 Å². The SMILES string of the molecule is CCNc1ncnc(Oc2ccc(Cl)c(C)c2)c1CC. The van der Waals surface area contributed by atoms with E-state index in [9.17, 15) is 0 Å². The molecule has 0 aliphatic heterocycles. The quantitative estimate of drug-likeness (QED) is 0.896. The van der Waals surface area contributed by atoms with E-state index in [1.54, 1.807) is 0 Å². The van der Waals surface area contributed by atoms with Gasteiger partial charge in [0.15, 0.2) is 0 Å². The van der Waals surface area contributed by atoms with Gasteiger partial charge in [0.25, 0.3) is 0 Å². The molecule has 0 atom stereocenters. The number of nitrogens with one attached hydrogen (secondary N) is 1. The number of halogens is 1. The van der Waals surface area contributed by atoms with E-state index in [1.165, 1.54) is 6.33 Å². The van der Waals surface area contributed by atoms with Gasteiger partial charge in [-0.15, -0.1) is 0 Å². The summed E-state index contributed by atoms with van der Waals surface area (Å²) >= 11 is 6.02. The van der Waals surface area contributed by atoms with Crippen LogP contribution in [0.2, 0.25) is 5.02 Å². The summed E-state index contributed by atoms with van der Waals surface area (Å²) < 4.78 is 5.87. The molecular weight excluding hydrogens is 274 g/mol. The van der Waals surface area contributed by atoms with Crippen LogP contribution in [0.5, 0.6) is 11.6 Å². The molecule has 0 spiro atoms. The predicted molar refractivity (Wildman–Crippen MR) is 81.8 cm³/mol. The number of aryl methyl sites for hydroxylation is 1. The van der Waals surface area contributed by atoms with Crippen molar-refractivity contribution in [1.82, 2.24) is 9.97 Å². The van der Waals surface area contributed by atoms with Gasteiger partial charge in [-0.05, 0) is 44.0 Å². The molecule has 0 saturated heterocycles. The lowest BCUT2D eigenvalue weighted by molar-refractivity contribution is 0.455. The molecule has 0 aliphatic carbocycles. The smallest absolute Gasteiger partial charge is 0.227 e. The number of benzene rings is 1. The van der Waals surface area contributed by atoms with Crippen LogP contribution in [0.1, 0.15) is 25.0 Å². The van der Waals surface area contributed by atoms with Crippen LogP contribution in [0, 0.1) is 6.92 Å². The fourth-order valence-electron chi connectivity index (χ4n) is 1.91. The highest BCUT2D eigenvalue weighted by Crippen LogP contribution is 2.29. The minimum absolute atomic E-state index is 0.583. The number of hydrogen-bond donors (Lipinski definition) is 1. The van der Waals surface area contributed by atoms with Crippen molar-refractivity contribution < 1.29 is 4.74 Å². The van der Waals surface area contributed by atoms with Crippen molar-refractivity contribution in [3.63, 3.8) is 0 Å². The normalized spacial score (nSPS) is 10.4. The number of hydrogen-bond acceptors (Lipinski definition) is 4. The Balaban J connectivity index is 2.32. The molecule has 0 amide bonds. The molecule has 1 aromatic heterocycles. The molecule has 20 heavy (non-hydrogen) atoms. The Morgan fingerprint density at radius 3 is 2.70 bits per heavy atom. The van der Waals surface area contributed by atoms with Crippen molar-refractivity contribution in [2.75, 3.05) is 11.9 Å². The van der Waals surface area contributed by atoms with E-state index < -0.39 is 0 Å². The number of aromatic nitrogens is 2. The lowest BCUT2D eigenvalue weighted by Gasteiger charge is -2.13. The number of anilines is 1. The first-order valence-electron chi connectivity index (χ1n) is 6.67. The predicted octanol–water partition coefficient (Wildman–Crippen LogP) is 4.22. The topological polar surface area (TPSA) is 47.0 Å². The fraction of sp³-hybridized carbons (Fsp3) is 0.333. The van der Waals surface area contributed by atoms with Gasteiger partial charge in [-0.2, -0.15) is 0 Å². The fourth-order valence-corrected chi connectivity index (χ4v) is 2.03. The molecule has 106 valence electrons. The molecule has 0 aliphatic rings. The zero-order valence-electron chi connectivity index (χ0n) is 11.9. The van der Waals surface area contributed by atoms with Gasteiger partial charge in [-0.3, -0.25) is 0 Å². The second-order valence-electron chi connectivity index (χ2n) is 4.40. The number of ether oxygens (including phenoxy) is 1. The molecule has 1 N–H and O–H groups in total. The van der Waals surface area contributed by atoms with E-state index in [2.05, 4.69) is 22.2 Å². The Labute approximate surface area is 124 Å². The van der Waals surface area contributed by atoms with Gasteiger partial charge in [0.05, 0.1) is 5.56 Å². The molecule has 0 saturated carbocycles. The Hall–Kier alpha value is -1.81. The standard InChI is InChI=1S/C15H18ClN3O/c1-4-12-14(17-5-2)18-9-19-15(12)20-11-6-7-13(16)10(3)8-11/h6-9H,4-5H2,1-3H3,(H,17,18,19). The second-order valence-corrected chi connectivity index (χ2v) is 4.81. The summed E-state index contributed by atoms with van der Waals surface area (Å²) in [6, 6.07) is 5.56. The van der Waals surface area contributed by atoms with Crippen LogP contribution in [0.25, 0.3) is 0 Å². The average molecular weight is 292 g/mol. The molecule has 0 radical (unpaired) electrons. The van der Waals surface area contributed by atoms with E-state index in [1.807, 2.05) is 32.0 Å². The Bertz CT molecular complexity index is 602. The summed E-state index contributed by atoms with van der Waals surface area (Å²) in [7, 11) is 0. The van der Waals surface area contributed by atoms with Gasteiger partial charge in [-0.25, -0.2) is 9.97 Å². The van der Waals surface area contributed by atoms with Crippen molar-refractivity contribution in [2.24, 2.45) is 0 Å². The summed E-state index contributed by atoms with van der Waals surface area (Å²) in [5, 5.41) is 3.95. The molecule has 1 aromatic carbocycles. The van der Waals surface area contributed by atoms with Crippen LogP contribution in [-0.2, 0) is 6.42 Å². The molecule has 4 nitrogen and oxygen atoms in total. The first-order valence-corrected chi connectivity index (χ1v) is 7.05. The highest BCUT2D eigenvalue weighted by atomic mass is 35.5. The third-order valence-corrected chi connectivity index (χ3v) is 3.37. The van der Waals surface area contributed by atoms with Crippen molar-refractivity contribution >= 4 is 17.4 Å². The molecule has 2 rings (SSSR count). The van der Waals surface area contributed by atoms with E-state index in [0.717, 1.165) is 40.7 Å². The van der Waals surface area contributed by atoms with Crippen LogP contribution in [0.4, 0.5) is 5.82 Å². The van der Waals surface area contributed by atoms with E-state index in [0.29, 0.717) is 5.88 Å². The lowest BCUT2D eigenvalue weighted by Crippen LogP contribution is -2.05. The zero-order chi connectivity index (χ0) is 14.5. The maximum absolute atomic E-state index is 6.02. The van der Waals surface area contributed by atoms with Crippen LogP contribution < -0.4 is 10.1 Å². The second kappa shape index (κ2) is 6.57. The zero-order valence-corrected chi connectivity index (χ0v) is 12.7. The van der Waals surface area contributed by atoms with Crippen LogP contribution in [0.3, 0.4) is 0 Å². The van der Waals surface area contributed by atoms with Gasteiger partial charge in [0, 0.05) is 11.6 Å². The molecule has 0 fully saturated rings. The van der Waals surface area contributed by atoms with Gasteiger partial charge in [-0.1, -0.05) is 18.5 Å². The molecule has 2 aromatic rings. The van der Waals surface area contributed by atoms with E-state index >= 15 is 0 Å². The van der Waals surface area contributed by atoms with Crippen molar-refractivity contribution in [1.29, 1.82) is 0 Å². The van der Waals surface area contributed by atoms with Gasteiger partial charge >= 0.3 is 0 Å². The summed E-state index contributed by atoms with van der Waals surface area (Å²) in [6.45, 7) is 6.84. The van der Waals surface area contributed by atoms with Crippen molar-refractivity contribution in [2.45, 2.75) is 27.2 Å². The van der Waals surface area contributed by atoms with E-state index in [4.69, 9.17) is 16.3 Å². The molecule has 0 unspecified atom stereocenters. The monoisotopic (exact) mass is 291 g/mol. The summed E-state index contributed by atoms with van der Waals surface area (Å²) in [6.07, 6.45) is 2.31. The minimum atomic E-state index is 0.583. The van der Waals surface area contributed by atoms with Crippen molar-refractivity contribution in [3.8, 4) is 11.6 Å². The highest BCUT2D eigenvalue weighted by molar-refractivity contribution is 6.31. The number of rotatable bonds is 5. The van der Waals surface area contributed by atoms with Gasteiger partial charge in [0.2, 0.25) is 5.88 Å². The maximum atomic E-state index is 6.02. The average Bonchev–Trinajstić information content (AvgIpc) is 2.44. The summed E-state index contributed by atoms with van der Waals surface area (Å²) in [5.41, 5.74) is 1.95. The third-order valence-electron chi connectivity index (χ3n) is 2.95. The van der Waals surface area contributed by atoms with Crippen LogP contribution in [-0.4, -0.2) is 16.5 Å². The third kappa shape index (κ3) is 3.20. The summed E-state index contributed by atoms with van der Waals surface area (Å²) in [4.78, 5) is 8.48. The minimum Gasteiger partial charge on any atom is -0.439 e. The van der Waals surface area contributed by atoms with Crippen LogP contribution in [0.15, 0.2) is 24.5 Å². The first-order chi connectivity index (χ1) is 9.65. The van der Waals surface area contributed by atoms with E-state index in [-0.39, 0.29) is 0 Å². The number of nitrogens with zero attached hydrogens (tertiary/aromatic N) is 2. The summed E-state index contributed by atoms with van der Waals surface area (Å²) in [5.74, 6) is 2.13. The Morgan fingerprint density at radius 2 is 2.05 bits per heavy atom. The molecular formula is C15H18ClN3O. The Kier molecular flexibility index (Phi) is 4.79. The molecule has 1 heterocycles. The van der Waals surface area contributed by atoms with Gasteiger partial charge in [0.1, 0.15) is 17.9 Å². The Morgan fingerprint density at radius 1 is 1.25 bits per heavy atom. The van der Waals surface area contributed by atoms with Crippen LogP contribution >= 0.6 is 11.6 Å². The molecule has 5 heteroatoms. The highest BCUT2D eigenvalue weighted by Gasteiger charge is 2.11. The largest absolute Gasteiger partial charge is 0.439 e. The molecule has 0 bridgehead atoms. The maximum Gasteiger partial charge on any atom is 0.227 e.